The molecule has 2 fully saturated rings. The summed E-state index contributed by atoms with van der Waals surface area (Å²) in [5, 5.41) is 0. The summed E-state index contributed by atoms with van der Waals surface area (Å²) in [6.07, 6.45) is 4.95. The smallest absolute Gasteiger partial charge is 0.119 e. The normalized spacial score (nSPS) is 23.3. The largest absolute Gasteiger partial charge is 0.493 e. The SMILES string of the molecule is CSc1ccc(C2CN(C)Cc3cc(OCC4CN(C5CC5)C4)ccc32)cc1. The third-order valence-electron chi connectivity index (χ3n) is 6.48. The minimum atomic E-state index is 0.442. The Labute approximate surface area is 173 Å². The predicted molar refractivity (Wildman–Crippen MR) is 116 cm³/mol. The molecule has 0 radical (unpaired) electrons. The van der Waals surface area contributed by atoms with E-state index in [9.17, 15) is 0 Å². The van der Waals surface area contributed by atoms with Gasteiger partial charge < -0.3 is 9.64 Å². The lowest BCUT2D eigenvalue weighted by Crippen LogP contribution is -2.50. The molecule has 2 aromatic carbocycles. The van der Waals surface area contributed by atoms with Gasteiger partial charge in [0, 0.05) is 49.0 Å². The van der Waals surface area contributed by atoms with Gasteiger partial charge in [-0.25, -0.2) is 0 Å². The summed E-state index contributed by atoms with van der Waals surface area (Å²) in [7, 11) is 2.22. The average Bonchev–Trinajstić information content (AvgIpc) is 3.51. The first kappa shape index (κ1) is 18.5. The van der Waals surface area contributed by atoms with E-state index in [1.807, 2.05) is 0 Å². The number of rotatable bonds is 6. The molecule has 1 aliphatic carbocycles. The first-order valence-corrected chi connectivity index (χ1v) is 11.7. The van der Waals surface area contributed by atoms with Gasteiger partial charge in [0.15, 0.2) is 0 Å². The van der Waals surface area contributed by atoms with Crippen molar-refractivity contribution in [1.82, 2.24) is 9.80 Å². The Morgan fingerprint density at radius 2 is 1.82 bits per heavy atom. The molecule has 28 heavy (non-hydrogen) atoms. The molecular weight excluding hydrogens is 364 g/mol. The minimum Gasteiger partial charge on any atom is -0.493 e. The maximum atomic E-state index is 6.18. The fraction of sp³-hybridized carbons (Fsp3) is 0.500. The zero-order chi connectivity index (χ0) is 19.1. The Bertz CT molecular complexity index is 827. The predicted octanol–water partition coefficient (Wildman–Crippen LogP) is 4.46. The number of fused-ring (bicyclic) bond motifs is 1. The van der Waals surface area contributed by atoms with Gasteiger partial charge in [-0.3, -0.25) is 4.90 Å². The number of ether oxygens (including phenoxy) is 1. The van der Waals surface area contributed by atoms with Crippen LogP contribution < -0.4 is 4.74 Å². The standard InChI is InChI=1S/C24H30N2OS/c1-25-14-19-11-21(27-16-17-12-26(13-17)20-5-6-20)7-10-23(19)24(15-25)18-3-8-22(28-2)9-4-18/h3-4,7-11,17,20,24H,5-6,12-16H2,1-2H3. The lowest BCUT2D eigenvalue weighted by atomic mass is 9.85. The minimum absolute atomic E-state index is 0.442. The van der Waals surface area contributed by atoms with Gasteiger partial charge in [0.25, 0.3) is 0 Å². The molecule has 0 amide bonds. The van der Waals surface area contributed by atoms with E-state index in [2.05, 4.69) is 65.6 Å². The van der Waals surface area contributed by atoms with Gasteiger partial charge >= 0.3 is 0 Å². The highest BCUT2D eigenvalue weighted by Gasteiger charge is 2.38. The highest BCUT2D eigenvalue weighted by molar-refractivity contribution is 7.98. The first-order valence-electron chi connectivity index (χ1n) is 10.5. The van der Waals surface area contributed by atoms with E-state index in [-0.39, 0.29) is 0 Å². The van der Waals surface area contributed by atoms with Crippen LogP contribution in [0.15, 0.2) is 47.4 Å². The fourth-order valence-electron chi connectivity index (χ4n) is 4.70. The van der Waals surface area contributed by atoms with Crippen molar-refractivity contribution < 1.29 is 4.74 Å². The molecule has 2 heterocycles. The van der Waals surface area contributed by atoms with Crippen molar-refractivity contribution in [2.24, 2.45) is 5.92 Å². The van der Waals surface area contributed by atoms with E-state index < -0.39 is 0 Å². The number of likely N-dealkylation sites (tertiary alicyclic amines) is 1. The van der Waals surface area contributed by atoms with Crippen LogP contribution in [0.5, 0.6) is 5.75 Å². The van der Waals surface area contributed by atoms with Crippen LogP contribution in [0.25, 0.3) is 0 Å². The maximum absolute atomic E-state index is 6.18. The second kappa shape index (κ2) is 7.74. The average molecular weight is 395 g/mol. The molecule has 3 nitrogen and oxygen atoms in total. The monoisotopic (exact) mass is 394 g/mol. The Morgan fingerprint density at radius 1 is 1.04 bits per heavy atom. The molecule has 5 rings (SSSR count). The zero-order valence-electron chi connectivity index (χ0n) is 16.9. The van der Waals surface area contributed by atoms with Crippen LogP contribution in [-0.4, -0.2) is 55.4 Å². The molecular formula is C24H30N2OS. The topological polar surface area (TPSA) is 15.7 Å². The molecule has 3 aliphatic rings. The van der Waals surface area contributed by atoms with Crippen molar-refractivity contribution in [2.45, 2.75) is 36.2 Å². The van der Waals surface area contributed by atoms with Gasteiger partial charge in [0.2, 0.25) is 0 Å². The number of hydrogen-bond donors (Lipinski definition) is 0. The molecule has 1 saturated carbocycles. The van der Waals surface area contributed by atoms with E-state index in [0.29, 0.717) is 11.8 Å². The number of nitrogens with zero attached hydrogens (tertiary/aromatic N) is 2. The molecule has 2 aromatic rings. The molecule has 0 bridgehead atoms. The van der Waals surface area contributed by atoms with E-state index >= 15 is 0 Å². The molecule has 1 saturated heterocycles. The summed E-state index contributed by atoms with van der Waals surface area (Å²) in [4.78, 5) is 6.37. The van der Waals surface area contributed by atoms with Crippen LogP contribution in [0.3, 0.4) is 0 Å². The van der Waals surface area contributed by atoms with Crippen molar-refractivity contribution in [3.8, 4) is 5.75 Å². The molecule has 1 unspecified atom stereocenters. The van der Waals surface area contributed by atoms with Crippen molar-refractivity contribution in [1.29, 1.82) is 0 Å². The summed E-state index contributed by atoms with van der Waals surface area (Å²) >= 11 is 1.80. The van der Waals surface area contributed by atoms with Gasteiger partial charge in [-0.15, -0.1) is 11.8 Å². The Kier molecular flexibility index (Phi) is 5.12. The summed E-state index contributed by atoms with van der Waals surface area (Å²) in [6, 6.07) is 16.8. The molecule has 148 valence electrons. The van der Waals surface area contributed by atoms with Crippen LogP contribution in [0.2, 0.25) is 0 Å². The molecule has 0 spiro atoms. The first-order chi connectivity index (χ1) is 13.7. The summed E-state index contributed by atoms with van der Waals surface area (Å²) in [6.45, 7) is 5.39. The molecule has 0 aromatic heterocycles. The van der Waals surface area contributed by atoms with Crippen LogP contribution in [-0.2, 0) is 6.54 Å². The maximum Gasteiger partial charge on any atom is 0.119 e. The van der Waals surface area contributed by atoms with Gasteiger partial charge in [0.1, 0.15) is 5.75 Å². The van der Waals surface area contributed by atoms with Gasteiger partial charge in [-0.2, -0.15) is 0 Å². The second-order valence-electron chi connectivity index (χ2n) is 8.75. The third kappa shape index (κ3) is 3.83. The van der Waals surface area contributed by atoms with Crippen LogP contribution in [0.4, 0.5) is 0 Å². The lowest BCUT2D eigenvalue weighted by molar-refractivity contribution is 0.0553. The van der Waals surface area contributed by atoms with Crippen molar-refractivity contribution >= 4 is 11.8 Å². The highest BCUT2D eigenvalue weighted by Crippen LogP contribution is 2.36. The highest BCUT2D eigenvalue weighted by atomic mass is 32.2. The second-order valence-corrected chi connectivity index (χ2v) is 9.62. The number of likely N-dealkylation sites (N-methyl/N-ethyl adjacent to an activating group) is 1. The Morgan fingerprint density at radius 3 is 2.54 bits per heavy atom. The number of thioether (sulfide) groups is 1. The van der Waals surface area contributed by atoms with Gasteiger partial charge in [-0.05, 0) is 67.1 Å². The van der Waals surface area contributed by atoms with Crippen molar-refractivity contribution in [3.05, 3.63) is 59.2 Å². The lowest BCUT2D eigenvalue weighted by Gasteiger charge is -2.39. The zero-order valence-corrected chi connectivity index (χ0v) is 17.8. The molecule has 2 aliphatic heterocycles. The Hall–Kier alpha value is -1.49. The van der Waals surface area contributed by atoms with E-state index in [4.69, 9.17) is 4.74 Å². The molecule has 4 heteroatoms. The van der Waals surface area contributed by atoms with Gasteiger partial charge in [0.05, 0.1) is 6.61 Å². The number of hydrogen-bond acceptors (Lipinski definition) is 4. The third-order valence-corrected chi connectivity index (χ3v) is 7.22. The van der Waals surface area contributed by atoms with E-state index in [0.717, 1.165) is 31.5 Å². The van der Waals surface area contributed by atoms with Crippen molar-refractivity contribution in [3.63, 3.8) is 0 Å². The van der Waals surface area contributed by atoms with Crippen LogP contribution >= 0.6 is 11.8 Å². The van der Waals surface area contributed by atoms with E-state index in [1.165, 1.54) is 47.5 Å². The van der Waals surface area contributed by atoms with Crippen LogP contribution in [0.1, 0.15) is 35.4 Å². The quantitative estimate of drug-likeness (QED) is 0.672. The molecule has 0 N–H and O–H groups in total. The molecule has 1 atom stereocenters. The van der Waals surface area contributed by atoms with Crippen LogP contribution in [0, 0.1) is 5.92 Å². The van der Waals surface area contributed by atoms with E-state index in [1.54, 1.807) is 11.8 Å². The summed E-state index contributed by atoms with van der Waals surface area (Å²) in [5.41, 5.74) is 4.29. The Balaban J connectivity index is 1.28. The fourth-order valence-corrected chi connectivity index (χ4v) is 5.11. The number of benzene rings is 2. The van der Waals surface area contributed by atoms with Crippen molar-refractivity contribution in [2.75, 3.05) is 39.5 Å². The van der Waals surface area contributed by atoms with Gasteiger partial charge in [-0.1, -0.05) is 18.2 Å². The summed E-state index contributed by atoms with van der Waals surface area (Å²) < 4.78 is 6.18. The summed E-state index contributed by atoms with van der Waals surface area (Å²) in [5.74, 6) is 2.19.